The minimum Gasteiger partial charge on any atom is -0.340 e. The minimum atomic E-state index is -3.13. The third-order valence-corrected chi connectivity index (χ3v) is 8.22. The van der Waals surface area contributed by atoms with Gasteiger partial charge in [-0.1, -0.05) is 78.9 Å². The summed E-state index contributed by atoms with van der Waals surface area (Å²) < 4.78 is 14.4. The van der Waals surface area contributed by atoms with Gasteiger partial charge in [-0.2, -0.15) is 0 Å². The third kappa shape index (κ3) is 3.36. The first-order valence-electron chi connectivity index (χ1n) is 8.54. The molecule has 0 spiro atoms. The zero-order valence-electron chi connectivity index (χ0n) is 14.9. The van der Waals surface area contributed by atoms with Gasteiger partial charge in [0.25, 0.3) is 5.91 Å². The van der Waals surface area contributed by atoms with Crippen LogP contribution in [0, 0.1) is 0 Å². The fourth-order valence-electron chi connectivity index (χ4n) is 3.09. The van der Waals surface area contributed by atoms with Gasteiger partial charge in [-0.25, -0.2) is 0 Å². The van der Waals surface area contributed by atoms with Crippen LogP contribution in [0.25, 0.3) is 0 Å². The summed E-state index contributed by atoms with van der Waals surface area (Å²) in [6.07, 6.45) is 0. The van der Waals surface area contributed by atoms with Gasteiger partial charge in [-0.15, -0.1) is 0 Å². The van der Waals surface area contributed by atoms with Gasteiger partial charge in [0.2, 0.25) is 0 Å². The van der Waals surface area contributed by atoms with Crippen molar-refractivity contribution in [2.75, 3.05) is 0 Å². The standard InChI is InChI=1S/C22H22NO2P/c1-22(2,23-21(24)18-12-6-3-7-13-18)26(25,19-14-8-4-9-15-19)20-16-10-5-11-17-20/h3-17H,1-2H3,(H,23,24). The van der Waals surface area contributed by atoms with Crippen molar-refractivity contribution in [2.24, 2.45) is 0 Å². The average Bonchev–Trinajstić information content (AvgIpc) is 2.69. The highest BCUT2D eigenvalue weighted by Crippen LogP contribution is 2.54. The second-order valence-corrected chi connectivity index (χ2v) is 10.0. The molecule has 0 bridgehead atoms. The highest BCUT2D eigenvalue weighted by molar-refractivity contribution is 7.80. The summed E-state index contributed by atoms with van der Waals surface area (Å²) in [5.41, 5.74) is 0.549. The van der Waals surface area contributed by atoms with Crippen molar-refractivity contribution < 1.29 is 9.36 Å². The van der Waals surface area contributed by atoms with Crippen molar-refractivity contribution in [3.8, 4) is 0 Å². The molecule has 0 atom stereocenters. The molecule has 0 aliphatic heterocycles. The molecule has 132 valence electrons. The van der Waals surface area contributed by atoms with E-state index in [9.17, 15) is 9.36 Å². The maximum atomic E-state index is 14.4. The van der Waals surface area contributed by atoms with Crippen molar-refractivity contribution >= 4 is 23.7 Å². The van der Waals surface area contributed by atoms with Gasteiger partial charge >= 0.3 is 0 Å². The van der Waals surface area contributed by atoms with Gasteiger partial charge in [0.1, 0.15) is 0 Å². The molecule has 0 unspecified atom stereocenters. The molecule has 3 nitrogen and oxygen atoms in total. The fourth-order valence-corrected chi connectivity index (χ4v) is 6.12. The summed E-state index contributed by atoms with van der Waals surface area (Å²) in [4.78, 5) is 12.7. The normalized spacial score (nSPS) is 11.8. The lowest BCUT2D eigenvalue weighted by molar-refractivity contribution is 0.0934. The van der Waals surface area contributed by atoms with Crippen molar-refractivity contribution in [2.45, 2.75) is 19.1 Å². The predicted molar refractivity (Wildman–Crippen MR) is 108 cm³/mol. The lowest BCUT2D eigenvalue weighted by atomic mass is 10.2. The zero-order chi connectivity index (χ0) is 18.6. The van der Waals surface area contributed by atoms with Crippen molar-refractivity contribution in [1.82, 2.24) is 5.32 Å². The molecule has 0 saturated carbocycles. The first-order valence-corrected chi connectivity index (χ1v) is 10.2. The number of benzene rings is 3. The lowest BCUT2D eigenvalue weighted by Gasteiger charge is -2.36. The van der Waals surface area contributed by atoms with Gasteiger partial charge in [-0.05, 0) is 26.0 Å². The highest BCUT2D eigenvalue weighted by atomic mass is 31.2. The molecular formula is C22H22NO2P. The summed E-state index contributed by atoms with van der Waals surface area (Å²) in [7, 11) is -3.13. The average molecular weight is 363 g/mol. The van der Waals surface area contributed by atoms with Crippen LogP contribution in [0.15, 0.2) is 91.0 Å². The zero-order valence-corrected chi connectivity index (χ0v) is 15.8. The Morgan fingerprint density at radius 1 is 0.731 bits per heavy atom. The van der Waals surface area contributed by atoms with Gasteiger partial charge in [0.15, 0.2) is 7.14 Å². The molecule has 3 aromatic rings. The number of hydrogen-bond acceptors (Lipinski definition) is 2. The molecule has 1 N–H and O–H groups in total. The minimum absolute atomic E-state index is 0.234. The quantitative estimate of drug-likeness (QED) is 0.692. The first kappa shape index (κ1) is 18.2. The number of hydrogen-bond donors (Lipinski definition) is 1. The number of amides is 1. The summed E-state index contributed by atoms with van der Waals surface area (Å²) >= 11 is 0. The van der Waals surface area contributed by atoms with E-state index in [0.717, 1.165) is 10.6 Å². The highest BCUT2D eigenvalue weighted by Gasteiger charge is 2.44. The largest absolute Gasteiger partial charge is 0.340 e. The Bertz CT molecular complexity index is 879. The first-order chi connectivity index (χ1) is 12.4. The van der Waals surface area contributed by atoms with Crippen LogP contribution in [0.5, 0.6) is 0 Å². The molecule has 0 saturated heterocycles. The molecule has 0 fully saturated rings. The number of rotatable bonds is 5. The number of nitrogens with one attached hydrogen (secondary N) is 1. The van der Waals surface area contributed by atoms with E-state index < -0.39 is 12.4 Å². The molecule has 3 rings (SSSR count). The summed E-state index contributed by atoms with van der Waals surface area (Å²) in [5.74, 6) is -0.234. The second-order valence-electron chi connectivity index (χ2n) is 6.66. The molecule has 4 heteroatoms. The van der Waals surface area contributed by atoms with Crippen LogP contribution >= 0.6 is 7.14 Å². The van der Waals surface area contributed by atoms with E-state index in [4.69, 9.17) is 0 Å². The monoisotopic (exact) mass is 363 g/mol. The Morgan fingerprint density at radius 2 is 1.12 bits per heavy atom. The van der Waals surface area contributed by atoms with E-state index >= 15 is 0 Å². The van der Waals surface area contributed by atoms with E-state index in [1.54, 1.807) is 12.1 Å². The maximum absolute atomic E-state index is 14.4. The van der Waals surface area contributed by atoms with Crippen LogP contribution in [0.2, 0.25) is 0 Å². The third-order valence-electron chi connectivity index (χ3n) is 4.48. The fraction of sp³-hybridized carbons (Fsp3) is 0.136. The molecule has 1 amide bonds. The Balaban J connectivity index is 2.07. The second kappa shape index (κ2) is 7.31. The number of carbonyl (C=O) groups is 1. The van der Waals surface area contributed by atoms with Crippen molar-refractivity contribution in [1.29, 1.82) is 0 Å². The summed E-state index contributed by atoms with van der Waals surface area (Å²) in [6.45, 7) is 3.66. The maximum Gasteiger partial charge on any atom is 0.252 e. The van der Waals surface area contributed by atoms with Crippen molar-refractivity contribution in [3.63, 3.8) is 0 Å². The molecule has 0 heterocycles. The predicted octanol–water partition coefficient (Wildman–Crippen LogP) is 4.17. The van der Waals surface area contributed by atoms with E-state index in [2.05, 4.69) is 5.32 Å². The summed E-state index contributed by atoms with van der Waals surface area (Å²) in [6, 6.07) is 27.8. The van der Waals surface area contributed by atoms with Crippen LogP contribution in [-0.2, 0) is 4.57 Å². The Morgan fingerprint density at radius 3 is 1.54 bits per heavy atom. The van der Waals surface area contributed by atoms with E-state index in [0.29, 0.717) is 5.56 Å². The molecule has 0 radical (unpaired) electrons. The molecule has 3 aromatic carbocycles. The van der Waals surface area contributed by atoms with Gasteiger partial charge in [-0.3, -0.25) is 4.79 Å². The molecule has 0 aromatic heterocycles. The SMILES string of the molecule is CC(C)(NC(=O)c1ccccc1)P(=O)(c1ccccc1)c1ccccc1. The lowest BCUT2D eigenvalue weighted by Crippen LogP contribution is -2.48. The Kier molecular flexibility index (Phi) is 5.11. The van der Waals surface area contributed by atoms with Crippen molar-refractivity contribution in [3.05, 3.63) is 96.6 Å². The molecule has 0 aliphatic rings. The van der Waals surface area contributed by atoms with Gasteiger partial charge < -0.3 is 9.88 Å². The summed E-state index contributed by atoms with van der Waals surface area (Å²) in [5, 5.41) is 3.51. The molecular weight excluding hydrogens is 341 g/mol. The van der Waals surface area contributed by atoms with Crippen LogP contribution in [-0.4, -0.2) is 11.2 Å². The smallest absolute Gasteiger partial charge is 0.252 e. The topological polar surface area (TPSA) is 46.2 Å². The van der Waals surface area contributed by atoms with E-state index in [1.165, 1.54) is 0 Å². The van der Waals surface area contributed by atoms with Crippen LogP contribution in [0.3, 0.4) is 0 Å². The Hall–Kier alpha value is -2.64. The Labute approximate surface area is 154 Å². The molecule has 0 aliphatic carbocycles. The van der Waals surface area contributed by atoms with Gasteiger partial charge in [0.05, 0.1) is 5.28 Å². The molecule has 26 heavy (non-hydrogen) atoms. The van der Waals surface area contributed by atoms with Crippen LogP contribution < -0.4 is 15.9 Å². The van der Waals surface area contributed by atoms with E-state index in [1.807, 2.05) is 92.7 Å². The number of carbonyl (C=O) groups excluding carboxylic acids is 1. The van der Waals surface area contributed by atoms with E-state index in [-0.39, 0.29) is 5.91 Å². The van der Waals surface area contributed by atoms with Gasteiger partial charge in [0, 0.05) is 16.2 Å². The van der Waals surface area contributed by atoms with Crippen LogP contribution in [0.4, 0.5) is 0 Å². The van der Waals surface area contributed by atoms with Crippen LogP contribution in [0.1, 0.15) is 24.2 Å².